The van der Waals surface area contributed by atoms with E-state index in [4.69, 9.17) is 0 Å². The lowest BCUT2D eigenvalue weighted by molar-refractivity contribution is -0.146. The van der Waals surface area contributed by atoms with Crippen LogP contribution < -0.4 is 10.0 Å². The average Bonchev–Trinajstić information content (AvgIpc) is 2.68. The van der Waals surface area contributed by atoms with Gasteiger partial charge in [0.05, 0.1) is 17.5 Å². The normalized spacial score (nSPS) is 19.0. The molecular formula is C20H20N2O5S. The van der Waals surface area contributed by atoms with E-state index < -0.39 is 33.7 Å². The van der Waals surface area contributed by atoms with E-state index in [1.807, 2.05) is 0 Å². The van der Waals surface area contributed by atoms with E-state index in [-0.39, 0.29) is 17.0 Å². The van der Waals surface area contributed by atoms with E-state index >= 15 is 0 Å². The molecular weight excluding hydrogens is 380 g/mol. The average molecular weight is 400 g/mol. The highest BCUT2D eigenvalue weighted by Crippen LogP contribution is 2.29. The van der Waals surface area contributed by atoms with Crippen molar-refractivity contribution in [2.24, 2.45) is 11.8 Å². The van der Waals surface area contributed by atoms with Gasteiger partial charge in [-0.1, -0.05) is 42.5 Å². The molecule has 0 aliphatic heterocycles. The van der Waals surface area contributed by atoms with Crippen molar-refractivity contribution in [2.75, 3.05) is 10.0 Å². The molecule has 8 heteroatoms. The number of carboxylic acids is 1. The van der Waals surface area contributed by atoms with Crippen LogP contribution in [0.3, 0.4) is 0 Å². The molecule has 0 saturated heterocycles. The fourth-order valence-corrected chi connectivity index (χ4v) is 4.35. The molecule has 28 heavy (non-hydrogen) atoms. The van der Waals surface area contributed by atoms with Gasteiger partial charge >= 0.3 is 5.97 Å². The van der Waals surface area contributed by atoms with E-state index in [1.54, 1.807) is 54.6 Å². The molecule has 0 unspecified atom stereocenters. The van der Waals surface area contributed by atoms with Crippen molar-refractivity contribution >= 4 is 33.3 Å². The van der Waals surface area contributed by atoms with Crippen molar-refractivity contribution in [2.45, 2.75) is 17.7 Å². The van der Waals surface area contributed by atoms with E-state index in [1.165, 1.54) is 12.1 Å². The summed E-state index contributed by atoms with van der Waals surface area (Å²) in [6, 6.07) is 14.4. The molecule has 1 amide bonds. The summed E-state index contributed by atoms with van der Waals surface area (Å²) < 4.78 is 28.0. The minimum atomic E-state index is -3.95. The van der Waals surface area contributed by atoms with Crippen molar-refractivity contribution in [1.29, 1.82) is 0 Å². The summed E-state index contributed by atoms with van der Waals surface area (Å²) in [6.07, 6.45) is 4.07. The molecule has 0 spiro atoms. The van der Waals surface area contributed by atoms with Crippen molar-refractivity contribution in [3.8, 4) is 0 Å². The van der Waals surface area contributed by atoms with Gasteiger partial charge in [-0.25, -0.2) is 8.42 Å². The van der Waals surface area contributed by atoms with E-state index in [2.05, 4.69) is 10.0 Å². The highest BCUT2D eigenvalue weighted by Gasteiger charge is 2.34. The third-order valence-corrected chi connectivity index (χ3v) is 5.99. The van der Waals surface area contributed by atoms with Gasteiger partial charge in [0.2, 0.25) is 5.91 Å². The first-order valence-corrected chi connectivity index (χ1v) is 10.2. The SMILES string of the molecule is O=C(O)[C@@H]1CC=CC[C@H]1C(=O)Nc1ccccc1S(=O)(=O)Nc1ccccc1. The number of sulfonamides is 1. The van der Waals surface area contributed by atoms with Gasteiger partial charge in [0, 0.05) is 5.69 Å². The van der Waals surface area contributed by atoms with Gasteiger partial charge in [-0.3, -0.25) is 14.3 Å². The lowest BCUT2D eigenvalue weighted by atomic mass is 9.82. The third-order valence-electron chi connectivity index (χ3n) is 4.55. The zero-order valence-electron chi connectivity index (χ0n) is 14.9. The number of hydrogen-bond acceptors (Lipinski definition) is 4. The van der Waals surface area contributed by atoms with Crippen LogP contribution in [0.15, 0.2) is 71.6 Å². The molecule has 146 valence electrons. The first-order valence-electron chi connectivity index (χ1n) is 8.74. The summed E-state index contributed by atoms with van der Waals surface area (Å²) in [5, 5.41) is 12.0. The topological polar surface area (TPSA) is 113 Å². The Hall–Kier alpha value is -3.13. The molecule has 2 aromatic carbocycles. The largest absolute Gasteiger partial charge is 0.481 e. The zero-order valence-corrected chi connectivity index (χ0v) is 15.7. The first-order chi connectivity index (χ1) is 13.4. The van der Waals surface area contributed by atoms with Gasteiger partial charge in [-0.2, -0.15) is 0 Å². The second-order valence-electron chi connectivity index (χ2n) is 6.45. The molecule has 0 radical (unpaired) electrons. The van der Waals surface area contributed by atoms with E-state index in [9.17, 15) is 23.1 Å². The Kier molecular flexibility index (Phi) is 5.79. The molecule has 1 aliphatic rings. The maximum absolute atomic E-state index is 12.8. The number of carbonyl (C=O) groups excluding carboxylic acids is 1. The van der Waals surface area contributed by atoms with Gasteiger partial charge in [-0.05, 0) is 37.1 Å². The highest BCUT2D eigenvalue weighted by atomic mass is 32.2. The van der Waals surface area contributed by atoms with Gasteiger partial charge in [0.1, 0.15) is 4.90 Å². The number of para-hydroxylation sites is 2. The molecule has 2 aromatic rings. The van der Waals surface area contributed by atoms with Crippen LogP contribution in [0.1, 0.15) is 12.8 Å². The predicted octanol–water partition coefficient (Wildman–Crippen LogP) is 3.09. The van der Waals surface area contributed by atoms with E-state index in [0.29, 0.717) is 12.1 Å². The Bertz CT molecular complexity index is 1000. The number of amides is 1. The Balaban J connectivity index is 1.85. The molecule has 3 rings (SSSR count). The number of anilines is 2. The summed E-state index contributed by atoms with van der Waals surface area (Å²) in [7, 11) is -3.95. The summed E-state index contributed by atoms with van der Waals surface area (Å²) in [5.41, 5.74) is 0.501. The van der Waals surface area contributed by atoms with Crippen molar-refractivity contribution < 1.29 is 23.1 Å². The lowest BCUT2D eigenvalue weighted by Gasteiger charge is -2.24. The summed E-state index contributed by atoms with van der Waals surface area (Å²) in [5.74, 6) is -3.16. The highest BCUT2D eigenvalue weighted by molar-refractivity contribution is 7.92. The minimum absolute atomic E-state index is 0.0922. The van der Waals surface area contributed by atoms with Gasteiger partial charge < -0.3 is 10.4 Å². The monoisotopic (exact) mass is 400 g/mol. The smallest absolute Gasteiger partial charge is 0.307 e. The van der Waals surface area contributed by atoms with Crippen LogP contribution >= 0.6 is 0 Å². The molecule has 0 heterocycles. The summed E-state index contributed by atoms with van der Waals surface area (Å²) >= 11 is 0. The van der Waals surface area contributed by atoms with Crippen LogP contribution in [0.4, 0.5) is 11.4 Å². The maximum atomic E-state index is 12.8. The second-order valence-corrected chi connectivity index (χ2v) is 8.10. The Morgan fingerprint density at radius 3 is 2.18 bits per heavy atom. The number of rotatable bonds is 6. The van der Waals surface area contributed by atoms with Crippen molar-refractivity contribution in [3.05, 3.63) is 66.7 Å². The predicted molar refractivity (Wildman–Crippen MR) is 105 cm³/mol. The number of aliphatic carboxylic acids is 1. The molecule has 3 N–H and O–H groups in total. The molecule has 1 aliphatic carbocycles. The summed E-state index contributed by atoms with van der Waals surface area (Å²) in [6.45, 7) is 0. The standard InChI is InChI=1S/C20H20N2O5S/c23-19(15-10-4-5-11-16(15)20(24)25)21-17-12-6-7-13-18(17)28(26,27)22-14-8-2-1-3-9-14/h1-9,12-13,15-16,22H,10-11H2,(H,21,23)(H,24,25)/t15-,16-/m1/s1. The quantitative estimate of drug-likeness (QED) is 0.645. The fourth-order valence-electron chi connectivity index (χ4n) is 3.12. The van der Waals surface area contributed by atoms with Gasteiger partial charge in [0.15, 0.2) is 0 Å². The van der Waals surface area contributed by atoms with Crippen LogP contribution in [-0.2, 0) is 19.6 Å². The van der Waals surface area contributed by atoms with Crippen molar-refractivity contribution in [3.63, 3.8) is 0 Å². The Labute approximate surface area is 163 Å². The molecule has 0 aromatic heterocycles. The van der Waals surface area contributed by atoms with Crippen LogP contribution in [0, 0.1) is 11.8 Å². The molecule has 0 fully saturated rings. The van der Waals surface area contributed by atoms with Crippen LogP contribution in [0.2, 0.25) is 0 Å². The molecule has 0 bridgehead atoms. The Morgan fingerprint density at radius 1 is 0.893 bits per heavy atom. The van der Waals surface area contributed by atoms with Gasteiger partial charge in [-0.15, -0.1) is 0 Å². The van der Waals surface area contributed by atoms with Crippen LogP contribution in [0.25, 0.3) is 0 Å². The summed E-state index contributed by atoms with van der Waals surface area (Å²) in [4.78, 5) is 24.0. The third kappa shape index (κ3) is 4.40. The number of benzene rings is 2. The number of allylic oxidation sites excluding steroid dienone is 2. The molecule has 2 atom stereocenters. The number of carbonyl (C=O) groups is 2. The first kappa shape index (κ1) is 19.6. The zero-order chi connectivity index (χ0) is 20.1. The van der Waals surface area contributed by atoms with E-state index in [0.717, 1.165) is 0 Å². The van der Waals surface area contributed by atoms with Crippen LogP contribution in [0.5, 0.6) is 0 Å². The number of carboxylic acid groups (broad SMARTS) is 1. The fraction of sp³-hybridized carbons (Fsp3) is 0.200. The minimum Gasteiger partial charge on any atom is -0.481 e. The number of nitrogens with one attached hydrogen (secondary N) is 2. The van der Waals surface area contributed by atoms with Gasteiger partial charge in [0.25, 0.3) is 10.0 Å². The molecule has 7 nitrogen and oxygen atoms in total. The maximum Gasteiger partial charge on any atom is 0.307 e. The van der Waals surface area contributed by atoms with Crippen molar-refractivity contribution in [1.82, 2.24) is 0 Å². The second kappa shape index (κ2) is 8.26. The lowest BCUT2D eigenvalue weighted by Crippen LogP contribution is -2.35. The Morgan fingerprint density at radius 2 is 1.50 bits per heavy atom. The van der Waals surface area contributed by atoms with Crippen LogP contribution in [-0.4, -0.2) is 25.4 Å². The number of hydrogen-bond donors (Lipinski definition) is 3. The molecule has 0 saturated carbocycles.